The number of nitrogens with two attached hydrogens (primary N) is 1. The Labute approximate surface area is 138 Å². The minimum Gasteiger partial charge on any atom is -0.462 e. The van der Waals surface area contributed by atoms with Crippen molar-refractivity contribution >= 4 is 11.8 Å². The molecule has 0 radical (unpaired) electrons. The summed E-state index contributed by atoms with van der Waals surface area (Å²) in [6, 6.07) is 5.92. The van der Waals surface area contributed by atoms with Gasteiger partial charge < -0.3 is 10.5 Å². The minimum absolute atomic E-state index is 0.00354. The molecule has 0 amide bonds. The van der Waals surface area contributed by atoms with Crippen LogP contribution in [0, 0.1) is 22.6 Å². The molecular weight excluding hydrogens is 316 g/mol. The second-order valence-corrected chi connectivity index (χ2v) is 6.48. The maximum absolute atomic E-state index is 14.4. The molecule has 3 rings (SSSR count). The quantitative estimate of drug-likeness (QED) is 0.914. The van der Waals surface area contributed by atoms with E-state index >= 15 is 0 Å². The SMILES string of the molecule is C[C@]1(c2cc(CC(=O)C3(C#N)CC3)ccc2F)N=C(N)OC[C@@H]1F. The van der Waals surface area contributed by atoms with Gasteiger partial charge in [-0.25, -0.2) is 13.8 Å². The van der Waals surface area contributed by atoms with Crippen molar-refractivity contribution in [3.63, 3.8) is 0 Å². The number of alkyl halides is 1. The van der Waals surface area contributed by atoms with Crippen molar-refractivity contribution < 1.29 is 18.3 Å². The highest BCUT2D eigenvalue weighted by Gasteiger charge is 2.50. The highest BCUT2D eigenvalue weighted by Crippen LogP contribution is 2.46. The summed E-state index contributed by atoms with van der Waals surface area (Å²) in [5, 5.41) is 9.09. The first kappa shape index (κ1) is 16.4. The molecule has 24 heavy (non-hydrogen) atoms. The predicted octanol–water partition coefficient (Wildman–Crippen LogP) is 2.14. The van der Waals surface area contributed by atoms with Crippen molar-refractivity contribution in [2.45, 2.75) is 37.9 Å². The van der Waals surface area contributed by atoms with Gasteiger partial charge >= 0.3 is 0 Å². The number of hydrogen-bond donors (Lipinski definition) is 1. The summed E-state index contributed by atoms with van der Waals surface area (Å²) >= 11 is 0. The molecule has 1 fully saturated rings. The van der Waals surface area contributed by atoms with Crippen molar-refractivity contribution in [1.29, 1.82) is 5.26 Å². The molecule has 126 valence electrons. The van der Waals surface area contributed by atoms with E-state index in [4.69, 9.17) is 15.7 Å². The molecule has 0 unspecified atom stereocenters. The lowest BCUT2D eigenvalue weighted by Crippen LogP contribution is -2.43. The van der Waals surface area contributed by atoms with Crippen LogP contribution in [0.4, 0.5) is 8.78 Å². The Kier molecular flexibility index (Phi) is 3.78. The van der Waals surface area contributed by atoms with Crippen LogP contribution in [0.25, 0.3) is 0 Å². The van der Waals surface area contributed by atoms with E-state index in [0.29, 0.717) is 18.4 Å². The summed E-state index contributed by atoms with van der Waals surface area (Å²) in [6.07, 6.45) is -0.458. The van der Waals surface area contributed by atoms with Crippen molar-refractivity contribution in [3.05, 3.63) is 35.1 Å². The maximum Gasteiger partial charge on any atom is 0.283 e. The number of nitrogens with zero attached hydrogens (tertiary/aromatic N) is 2. The third kappa shape index (κ3) is 2.62. The maximum atomic E-state index is 14.4. The number of benzene rings is 1. The number of Topliss-reactive ketones (excluding diaryl/α,β-unsaturated/α-hetero) is 1. The lowest BCUT2D eigenvalue weighted by Gasteiger charge is -2.33. The van der Waals surface area contributed by atoms with E-state index < -0.39 is 22.9 Å². The molecule has 1 aromatic carbocycles. The molecular formula is C17H17F2N3O2. The van der Waals surface area contributed by atoms with E-state index in [1.165, 1.54) is 25.1 Å². The standard InChI is InChI=1S/C17H17F2N3O2/c1-16(13(19)8-24-15(21)22-16)11-6-10(2-3-12(11)18)7-14(23)17(9-20)4-5-17/h2-3,6,13H,4-5,7-8H2,1H3,(H2,21,22)/t13-,16+/m0/s1. The molecule has 7 heteroatoms. The fourth-order valence-electron chi connectivity index (χ4n) is 2.88. The van der Waals surface area contributed by atoms with Crippen LogP contribution in [-0.2, 0) is 21.5 Å². The lowest BCUT2D eigenvalue weighted by molar-refractivity contribution is -0.121. The van der Waals surface area contributed by atoms with Crippen LogP contribution in [0.5, 0.6) is 0 Å². The van der Waals surface area contributed by atoms with Gasteiger partial charge in [0.1, 0.15) is 23.4 Å². The second-order valence-electron chi connectivity index (χ2n) is 6.48. The molecule has 1 aliphatic heterocycles. The third-order valence-electron chi connectivity index (χ3n) is 4.77. The van der Waals surface area contributed by atoms with Gasteiger partial charge in [0.2, 0.25) is 0 Å². The summed E-state index contributed by atoms with van der Waals surface area (Å²) in [4.78, 5) is 16.2. The molecule has 0 bridgehead atoms. The fourth-order valence-corrected chi connectivity index (χ4v) is 2.88. The zero-order valence-corrected chi connectivity index (χ0v) is 13.2. The number of halogens is 2. The largest absolute Gasteiger partial charge is 0.462 e. The Morgan fingerprint density at radius 3 is 2.88 bits per heavy atom. The van der Waals surface area contributed by atoms with Gasteiger partial charge in [-0.1, -0.05) is 6.07 Å². The Morgan fingerprint density at radius 2 is 2.25 bits per heavy atom. The summed E-state index contributed by atoms with van der Waals surface area (Å²) < 4.78 is 33.5. The number of rotatable bonds is 4. The number of carbonyl (C=O) groups is 1. The Bertz CT molecular complexity index is 768. The first-order valence-corrected chi connectivity index (χ1v) is 7.66. The highest BCUT2D eigenvalue weighted by atomic mass is 19.1. The van der Waals surface area contributed by atoms with Crippen LogP contribution in [-0.4, -0.2) is 24.6 Å². The van der Waals surface area contributed by atoms with E-state index in [1.807, 2.05) is 6.07 Å². The molecule has 0 spiro atoms. The van der Waals surface area contributed by atoms with Gasteiger partial charge in [-0.2, -0.15) is 5.26 Å². The molecule has 2 N–H and O–H groups in total. The van der Waals surface area contributed by atoms with Crippen molar-refractivity contribution in [3.8, 4) is 6.07 Å². The molecule has 2 aliphatic rings. The molecule has 0 saturated heterocycles. The normalized spacial score (nSPS) is 27.6. The summed E-state index contributed by atoms with van der Waals surface area (Å²) in [6.45, 7) is 1.13. The van der Waals surface area contributed by atoms with Gasteiger partial charge in [0.25, 0.3) is 6.02 Å². The second kappa shape index (κ2) is 5.55. The number of nitriles is 1. The van der Waals surface area contributed by atoms with Gasteiger partial charge in [-0.05, 0) is 37.5 Å². The average molecular weight is 333 g/mol. The number of ether oxygens (including phenoxy) is 1. The monoisotopic (exact) mass is 333 g/mol. The Balaban J connectivity index is 1.94. The summed E-state index contributed by atoms with van der Waals surface area (Å²) in [5.41, 5.74) is 3.64. The van der Waals surface area contributed by atoms with Crippen LogP contribution in [0.2, 0.25) is 0 Å². The van der Waals surface area contributed by atoms with Gasteiger partial charge in [0.05, 0.1) is 6.07 Å². The van der Waals surface area contributed by atoms with Gasteiger partial charge in [0.15, 0.2) is 12.0 Å². The average Bonchev–Trinajstić information content (AvgIpc) is 3.34. The molecule has 1 saturated carbocycles. The molecule has 1 aliphatic carbocycles. The Hall–Kier alpha value is -2.49. The molecule has 5 nitrogen and oxygen atoms in total. The zero-order chi connectivity index (χ0) is 17.5. The number of ketones is 1. The minimum atomic E-state index is -1.57. The van der Waals surface area contributed by atoms with Crippen LogP contribution >= 0.6 is 0 Å². The summed E-state index contributed by atoms with van der Waals surface area (Å²) in [7, 11) is 0. The smallest absolute Gasteiger partial charge is 0.283 e. The van der Waals surface area contributed by atoms with E-state index in [2.05, 4.69) is 4.99 Å². The first-order chi connectivity index (χ1) is 11.3. The van der Waals surface area contributed by atoms with Gasteiger partial charge in [0, 0.05) is 12.0 Å². The van der Waals surface area contributed by atoms with Crippen molar-refractivity contribution in [2.24, 2.45) is 16.1 Å². The van der Waals surface area contributed by atoms with Crippen molar-refractivity contribution in [2.75, 3.05) is 6.61 Å². The van der Waals surface area contributed by atoms with Crippen LogP contribution in [0.3, 0.4) is 0 Å². The van der Waals surface area contributed by atoms with E-state index in [-0.39, 0.29) is 30.4 Å². The fraction of sp³-hybridized carbons (Fsp3) is 0.471. The first-order valence-electron chi connectivity index (χ1n) is 7.66. The van der Waals surface area contributed by atoms with E-state index in [0.717, 1.165) is 0 Å². The topological polar surface area (TPSA) is 88.5 Å². The number of aliphatic imine (C=N–C) groups is 1. The molecule has 0 aromatic heterocycles. The zero-order valence-electron chi connectivity index (χ0n) is 13.2. The van der Waals surface area contributed by atoms with Crippen molar-refractivity contribution in [1.82, 2.24) is 0 Å². The van der Waals surface area contributed by atoms with E-state index in [9.17, 15) is 13.6 Å². The molecule has 2 atom stereocenters. The van der Waals surface area contributed by atoms with E-state index in [1.54, 1.807) is 0 Å². The van der Waals surface area contributed by atoms with Crippen LogP contribution in [0.15, 0.2) is 23.2 Å². The number of carbonyl (C=O) groups excluding carboxylic acids is 1. The molecule has 1 heterocycles. The van der Waals surface area contributed by atoms with Crippen LogP contribution in [0.1, 0.15) is 30.9 Å². The number of hydrogen-bond acceptors (Lipinski definition) is 5. The predicted molar refractivity (Wildman–Crippen MR) is 82.2 cm³/mol. The van der Waals surface area contributed by atoms with Gasteiger partial charge in [-0.3, -0.25) is 4.79 Å². The lowest BCUT2D eigenvalue weighted by atomic mass is 9.85. The summed E-state index contributed by atoms with van der Waals surface area (Å²) in [5.74, 6) is -0.823. The molecule has 1 aromatic rings. The Morgan fingerprint density at radius 1 is 1.54 bits per heavy atom. The third-order valence-corrected chi connectivity index (χ3v) is 4.77. The number of amidine groups is 1. The van der Waals surface area contributed by atoms with Gasteiger partial charge in [-0.15, -0.1) is 0 Å². The highest BCUT2D eigenvalue weighted by molar-refractivity contribution is 5.91. The van der Waals surface area contributed by atoms with Crippen LogP contribution < -0.4 is 5.73 Å².